The van der Waals surface area contributed by atoms with Gasteiger partial charge in [-0.15, -0.1) is 24.0 Å². The second-order valence-corrected chi connectivity index (χ2v) is 7.01. The molecule has 1 unspecified atom stereocenters. The standard InChI is InChI=1S/C18H28F2N4OS.HI/c1-3-21-18(22-10-6-12-26-2)23-14-9-11-24(13-14)15-7-4-5-8-16(15)25-17(19)20;/h4-5,7-8,14,17H,3,6,9-13H2,1-2H3,(H2,21,22,23);1H. The molecule has 0 radical (unpaired) electrons. The maximum absolute atomic E-state index is 12.6. The van der Waals surface area contributed by atoms with E-state index in [1.807, 2.05) is 30.8 Å². The van der Waals surface area contributed by atoms with Crippen molar-refractivity contribution in [1.82, 2.24) is 10.6 Å². The molecular formula is C18H29F2IN4OS. The number of thioether (sulfide) groups is 1. The number of nitrogens with one attached hydrogen (secondary N) is 2. The number of ether oxygens (including phenoxy) is 1. The van der Waals surface area contributed by atoms with E-state index in [-0.39, 0.29) is 35.8 Å². The van der Waals surface area contributed by atoms with E-state index in [1.54, 1.807) is 12.1 Å². The maximum Gasteiger partial charge on any atom is 0.387 e. The van der Waals surface area contributed by atoms with Crippen LogP contribution in [0.4, 0.5) is 14.5 Å². The van der Waals surface area contributed by atoms with Crippen LogP contribution in [0.25, 0.3) is 0 Å². The molecular weight excluding hydrogens is 485 g/mol. The van der Waals surface area contributed by atoms with Crippen molar-refractivity contribution >= 4 is 47.4 Å². The van der Waals surface area contributed by atoms with Gasteiger partial charge in [-0.3, -0.25) is 4.99 Å². The first-order valence-corrected chi connectivity index (χ1v) is 10.4. The number of hydrogen-bond donors (Lipinski definition) is 2. The molecule has 0 aliphatic carbocycles. The Kier molecular flexibility index (Phi) is 11.8. The molecule has 5 nitrogen and oxygen atoms in total. The third kappa shape index (κ3) is 8.28. The number of nitrogens with zero attached hydrogens (tertiary/aromatic N) is 2. The fraction of sp³-hybridized carbons (Fsp3) is 0.611. The first-order chi connectivity index (χ1) is 12.6. The predicted octanol–water partition coefficient (Wildman–Crippen LogP) is 3.79. The summed E-state index contributed by atoms with van der Waals surface area (Å²) < 4.78 is 29.9. The van der Waals surface area contributed by atoms with Crippen molar-refractivity contribution in [2.45, 2.75) is 32.4 Å². The van der Waals surface area contributed by atoms with E-state index in [1.165, 1.54) is 0 Å². The molecule has 1 aromatic rings. The lowest BCUT2D eigenvalue weighted by Gasteiger charge is -2.22. The van der Waals surface area contributed by atoms with Crippen LogP contribution in [0.3, 0.4) is 0 Å². The van der Waals surface area contributed by atoms with Crippen LogP contribution in [-0.2, 0) is 0 Å². The fourth-order valence-corrected chi connectivity index (χ4v) is 3.34. The van der Waals surface area contributed by atoms with Crippen molar-refractivity contribution < 1.29 is 13.5 Å². The third-order valence-electron chi connectivity index (χ3n) is 4.07. The highest BCUT2D eigenvalue weighted by molar-refractivity contribution is 14.0. The number of halogens is 3. The Balaban J connectivity index is 0.00000364. The molecule has 1 heterocycles. The minimum Gasteiger partial charge on any atom is -0.433 e. The average Bonchev–Trinajstić information content (AvgIpc) is 3.07. The van der Waals surface area contributed by atoms with Gasteiger partial charge >= 0.3 is 6.61 Å². The Morgan fingerprint density at radius 2 is 2.19 bits per heavy atom. The first-order valence-electron chi connectivity index (χ1n) is 8.96. The number of aliphatic imine (C=N–C) groups is 1. The summed E-state index contributed by atoms with van der Waals surface area (Å²) in [5.74, 6) is 2.14. The van der Waals surface area contributed by atoms with Crippen LogP contribution in [0.1, 0.15) is 19.8 Å². The van der Waals surface area contributed by atoms with Gasteiger partial charge in [-0.2, -0.15) is 20.5 Å². The lowest BCUT2D eigenvalue weighted by Crippen LogP contribution is -2.44. The fourth-order valence-electron chi connectivity index (χ4n) is 2.92. The van der Waals surface area contributed by atoms with Gasteiger partial charge in [-0.05, 0) is 43.9 Å². The lowest BCUT2D eigenvalue weighted by molar-refractivity contribution is -0.0495. The number of hydrogen-bond acceptors (Lipinski definition) is 4. The van der Waals surface area contributed by atoms with Gasteiger partial charge in [0.05, 0.1) is 5.69 Å². The number of benzene rings is 1. The van der Waals surface area contributed by atoms with E-state index in [4.69, 9.17) is 0 Å². The molecule has 0 spiro atoms. The molecule has 0 aromatic heterocycles. The summed E-state index contributed by atoms with van der Waals surface area (Å²) in [5, 5.41) is 6.72. The summed E-state index contributed by atoms with van der Waals surface area (Å²) in [6, 6.07) is 7.16. The molecule has 9 heteroatoms. The highest BCUT2D eigenvalue weighted by Crippen LogP contribution is 2.31. The van der Waals surface area contributed by atoms with Gasteiger partial charge in [0.2, 0.25) is 0 Å². The van der Waals surface area contributed by atoms with E-state index in [0.717, 1.165) is 50.7 Å². The Labute approximate surface area is 181 Å². The van der Waals surface area contributed by atoms with Crippen LogP contribution in [0.5, 0.6) is 5.75 Å². The highest BCUT2D eigenvalue weighted by atomic mass is 127. The Bertz CT molecular complexity index is 580. The minimum atomic E-state index is -2.82. The molecule has 1 fully saturated rings. The molecule has 2 N–H and O–H groups in total. The zero-order valence-corrected chi connectivity index (χ0v) is 18.9. The van der Waals surface area contributed by atoms with Crippen LogP contribution >= 0.6 is 35.7 Å². The van der Waals surface area contributed by atoms with Gasteiger partial charge in [0.1, 0.15) is 5.75 Å². The average molecular weight is 514 g/mol. The number of para-hydroxylation sites is 2. The van der Waals surface area contributed by atoms with Gasteiger partial charge in [-0.25, -0.2) is 0 Å². The molecule has 2 rings (SSSR count). The van der Waals surface area contributed by atoms with E-state index in [9.17, 15) is 8.78 Å². The predicted molar refractivity (Wildman–Crippen MR) is 121 cm³/mol. The van der Waals surface area contributed by atoms with Gasteiger partial charge in [0, 0.05) is 32.2 Å². The molecule has 0 saturated carbocycles. The summed E-state index contributed by atoms with van der Waals surface area (Å²) in [6.07, 6.45) is 4.06. The van der Waals surface area contributed by atoms with Crippen molar-refractivity contribution in [2.24, 2.45) is 4.99 Å². The summed E-state index contributed by atoms with van der Waals surface area (Å²) in [7, 11) is 0. The Hall–Kier alpha value is -0.970. The van der Waals surface area contributed by atoms with E-state index >= 15 is 0 Å². The largest absolute Gasteiger partial charge is 0.433 e. The number of alkyl halides is 2. The number of anilines is 1. The molecule has 1 aliphatic heterocycles. The van der Waals surface area contributed by atoms with Crippen molar-refractivity contribution in [1.29, 1.82) is 0 Å². The topological polar surface area (TPSA) is 48.9 Å². The zero-order valence-electron chi connectivity index (χ0n) is 15.8. The van der Waals surface area contributed by atoms with Crippen molar-refractivity contribution in [3.8, 4) is 5.75 Å². The van der Waals surface area contributed by atoms with Gasteiger partial charge < -0.3 is 20.3 Å². The number of guanidine groups is 1. The summed E-state index contributed by atoms with van der Waals surface area (Å²) >= 11 is 1.82. The lowest BCUT2D eigenvalue weighted by atomic mass is 10.2. The highest BCUT2D eigenvalue weighted by Gasteiger charge is 2.25. The van der Waals surface area contributed by atoms with Crippen molar-refractivity contribution in [3.05, 3.63) is 24.3 Å². The van der Waals surface area contributed by atoms with Crippen LogP contribution in [0, 0.1) is 0 Å². The molecule has 1 atom stereocenters. The Morgan fingerprint density at radius 1 is 1.41 bits per heavy atom. The second-order valence-electron chi connectivity index (χ2n) is 6.03. The molecule has 1 aromatic carbocycles. The van der Waals surface area contributed by atoms with Crippen LogP contribution in [0.2, 0.25) is 0 Å². The van der Waals surface area contributed by atoms with Crippen LogP contribution < -0.4 is 20.3 Å². The smallest absolute Gasteiger partial charge is 0.387 e. The normalized spacial score (nSPS) is 17.0. The van der Waals surface area contributed by atoms with E-state index in [0.29, 0.717) is 5.69 Å². The summed E-state index contributed by atoms with van der Waals surface area (Å²) in [6.45, 7) is 2.32. The summed E-state index contributed by atoms with van der Waals surface area (Å²) in [5.41, 5.74) is 0.707. The minimum absolute atomic E-state index is 0. The molecule has 1 aliphatic rings. The monoisotopic (exact) mass is 514 g/mol. The van der Waals surface area contributed by atoms with Crippen molar-refractivity contribution in [2.75, 3.05) is 43.1 Å². The zero-order chi connectivity index (χ0) is 18.8. The maximum atomic E-state index is 12.6. The Morgan fingerprint density at radius 3 is 2.89 bits per heavy atom. The van der Waals surface area contributed by atoms with E-state index < -0.39 is 6.61 Å². The van der Waals surface area contributed by atoms with Crippen molar-refractivity contribution in [3.63, 3.8) is 0 Å². The van der Waals surface area contributed by atoms with Crippen LogP contribution in [-0.4, -0.2) is 56.8 Å². The summed E-state index contributed by atoms with van der Waals surface area (Å²) in [4.78, 5) is 6.68. The third-order valence-corrected chi connectivity index (χ3v) is 4.77. The van der Waals surface area contributed by atoms with Crippen LogP contribution in [0.15, 0.2) is 29.3 Å². The van der Waals surface area contributed by atoms with Gasteiger partial charge in [-0.1, -0.05) is 12.1 Å². The van der Waals surface area contributed by atoms with E-state index in [2.05, 4.69) is 31.5 Å². The van der Waals surface area contributed by atoms with Gasteiger partial charge in [0.15, 0.2) is 5.96 Å². The van der Waals surface area contributed by atoms with Gasteiger partial charge in [0.25, 0.3) is 0 Å². The molecule has 27 heavy (non-hydrogen) atoms. The second kappa shape index (κ2) is 13.2. The quantitative estimate of drug-likeness (QED) is 0.227. The first kappa shape index (κ1) is 24.1. The molecule has 0 amide bonds. The SMILES string of the molecule is CCNC(=NCCCSC)NC1CCN(c2ccccc2OC(F)F)C1.I. The molecule has 1 saturated heterocycles. The number of rotatable bonds is 9. The molecule has 0 bridgehead atoms. The molecule has 154 valence electrons.